The molecular weight excluding hydrogens is 282 g/mol. The molecule has 0 spiro atoms. The van der Waals surface area contributed by atoms with Gasteiger partial charge in [0.15, 0.2) is 0 Å². The van der Waals surface area contributed by atoms with E-state index in [9.17, 15) is 10.1 Å². The number of rotatable bonds is 5. The van der Waals surface area contributed by atoms with E-state index in [0.717, 1.165) is 62.3 Å². The molecule has 2 aromatic rings. The fraction of sp³-hybridized carbons (Fsp3) is 0.500. The van der Waals surface area contributed by atoms with Crippen molar-refractivity contribution in [2.75, 3.05) is 39.8 Å². The zero-order valence-corrected chi connectivity index (χ0v) is 12.8. The Labute approximate surface area is 129 Å². The van der Waals surface area contributed by atoms with Gasteiger partial charge in [-0.15, -0.1) is 0 Å². The molecule has 0 radical (unpaired) electrons. The molecule has 1 fully saturated rings. The lowest BCUT2D eigenvalue weighted by Crippen LogP contribution is -2.44. The van der Waals surface area contributed by atoms with Gasteiger partial charge in [-0.25, -0.2) is 0 Å². The highest BCUT2D eigenvalue weighted by Crippen LogP contribution is 2.24. The summed E-state index contributed by atoms with van der Waals surface area (Å²) in [5.41, 5.74) is 0.831. The minimum atomic E-state index is -0.376. The van der Waals surface area contributed by atoms with Gasteiger partial charge in [0.25, 0.3) is 5.69 Å². The Morgan fingerprint density at radius 1 is 1.23 bits per heavy atom. The lowest BCUT2D eigenvalue weighted by atomic mass is 10.2. The van der Waals surface area contributed by atoms with E-state index in [0.29, 0.717) is 0 Å². The van der Waals surface area contributed by atoms with Crippen LogP contribution in [0.1, 0.15) is 12.2 Å². The molecule has 1 saturated heterocycles. The summed E-state index contributed by atoms with van der Waals surface area (Å²) in [7, 11) is 2.16. The molecule has 0 bridgehead atoms. The third-order valence-electron chi connectivity index (χ3n) is 4.26. The molecule has 0 aliphatic carbocycles. The van der Waals surface area contributed by atoms with E-state index in [2.05, 4.69) is 16.8 Å². The molecule has 2 heterocycles. The number of benzene rings is 1. The summed E-state index contributed by atoms with van der Waals surface area (Å²) in [6.45, 7) is 5.60. The van der Waals surface area contributed by atoms with Gasteiger partial charge < -0.3 is 14.2 Å². The molecule has 1 aliphatic heterocycles. The van der Waals surface area contributed by atoms with Crippen molar-refractivity contribution in [3.05, 3.63) is 40.1 Å². The van der Waals surface area contributed by atoms with Gasteiger partial charge in [-0.2, -0.15) is 0 Å². The fourth-order valence-electron chi connectivity index (χ4n) is 2.87. The molecule has 6 heteroatoms. The molecule has 0 unspecified atom stereocenters. The minimum absolute atomic E-state index is 0.109. The van der Waals surface area contributed by atoms with Gasteiger partial charge in [-0.3, -0.25) is 10.1 Å². The van der Waals surface area contributed by atoms with E-state index in [-0.39, 0.29) is 10.6 Å². The van der Waals surface area contributed by atoms with Gasteiger partial charge in [0.2, 0.25) is 0 Å². The first kappa shape index (κ1) is 15.0. The number of piperazine rings is 1. The third-order valence-corrected chi connectivity index (χ3v) is 4.26. The average molecular weight is 303 g/mol. The van der Waals surface area contributed by atoms with Crippen molar-refractivity contribution in [3.8, 4) is 0 Å². The number of nitro groups is 1. The Morgan fingerprint density at radius 2 is 2.00 bits per heavy atom. The summed E-state index contributed by atoms with van der Waals surface area (Å²) in [5, 5.41) is 11.6. The molecule has 6 nitrogen and oxygen atoms in total. The smallest absolute Gasteiger partial charge is 0.270 e. The molecule has 0 N–H and O–H groups in total. The maximum absolute atomic E-state index is 10.8. The molecule has 22 heavy (non-hydrogen) atoms. The second kappa shape index (κ2) is 6.46. The van der Waals surface area contributed by atoms with E-state index >= 15 is 0 Å². The Bertz CT molecular complexity index is 660. The van der Waals surface area contributed by atoms with Crippen molar-refractivity contribution in [1.29, 1.82) is 0 Å². The number of hydrogen-bond acceptors (Lipinski definition) is 5. The monoisotopic (exact) mass is 303 g/mol. The average Bonchev–Trinajstić information content (AvgIpc) is 2.91. The predicted molar refractivity (Wildman–Crippen MR) is 85.1 cm³/mol. The van der Waals surface area contributed by atoms with E-state index in [1.165, 1.54) is 6.07 Å². The van der Waals surface area contributed by atoms with Crippen molar-refractivity contribution in [1.82, 2.24) is 9.80 Å². The number of furan rings is 1. The Hall–Kier alpha value is -1.92. The number of non-ortho nitro benzene ring substituents is 1. The molecule has 0 saturated carbocycles. The van der Waals surface area contributed by atoms with Crippen LogP contribution in [0, 0.1) is 10.1 Å². The van der Waals surface area contributed by atoms with Crippen molar-refractivity contribution in [2.24, 2.45) is 0 Å². The number of hydrogen-bond donors (Lipinski definition) is 0. The molecule has 3 rings (SSSR count). The number of fused-ring (bicyclic) bond motifs is 1. The van der Waals surface area contributed by atoms with Crippen LogP contribution in [-0.2, 0) is 6.42 Å². The van der Waals surface area contributed by atoms with Gasteiger partial charge >= 0.3 is 0 Å². The topological polar surface area (TPSA) is 62.8 Å². The summed E-state index contributed by atoms with van der Waals surface area (Å²) < 4.78 is 5.76. The molecule has 0 atom stereocenters. The number of nitrogens with zero attached hydrogens (tertiary/aromatic N) is 3. The van der Waals surface area contributed by atoms with Crippen LogP contribution in [0.3, 0.4) is 0 Å². The molecule has 1 aromatic heterocycles. The highest BCUT2D eigenvalue weighted by Gasteiger charge is 2.14. The normalized spacial score (nSPS) is 17.1. The van der Waals surface area contributed by atoms with Crippen LogP contribution in [0.5, 0.6) is 0 Å². The molecule has 1 aromatic carbocycles. The lowest BCUT2D eigenvalue weighted by Gasteiger charge is -2.32. The van der Waals surface area contributed by atoms with Crippen LogP contribution >= 0.6 is 0 Å². The van der Waals surface area contributed by atoms with Crippen LogP contribution < -0.4 is 0 Å². The molecule has 0 amide bonds. The van der Waals surface area contributed by atoms with Gasteiger partial charge in [-0.05, 0) is 32.1 Å². The van der Waals surface area contributed by atoms with Gasteiger partial charge in [0.05, 0.1) is 4.92 Å². The lowest BCUT2D eigenvalue weighted by molar-refractivity contribution is -0.384. The van der Waals surface area contributed by atoms with Crippen LogP contribution in [-0.4, -0.2) is 54.5 Å². The third kappa shape index (κ3) is 3.45. The highest BCUT2D eigenvalue weighted by molar-refractivity contribution is 5.80. The van der Waals surface area contributed by atoms with Crippen LogP contribution in [0.2, 0.25) is 0 Å². The van der Waals surface area contributed by atoms with E-state index in [1.54, 1.807) is 12.1 Å². The van der Waals surface area contributed by atoms with E-state index in [4.69, 9.17) is 4.42 Å². The maximum atomic E-state index is 10.8. The summed E-state index contributed by atoms with van der Waals surface area (Å²) in [6, 6.07) is 6.66. The first-order chi connectivity index (χ1) is 10.6. The van der Waals surface area contributed by atoms with E-state index in [1.807, 2.05) is 6.07 Å². The number of likely N-dealkylation sites (N-methyl/N-ethyl adjacent to an activating group) is 1. The molecule has 118 valence electrons. The van der Waals surface area contributed by atoms with Gasteiger partial charge in [0, 0.05) is 50.1 Å². The SMILES string of the molecule is CN1CCN(CCCc2cc3cc([N+](=O)[O-])ccc3o2)CC1. The highest BCUT2D eigenvalue weighted by atomic mass is 16.6. The summed E-state index contributed by atoms with van der Waals surface area (Å²) in [5.74, 6) is 0.907. The fourth-order valence-corrected chi connectivity index (χ4v) is 2.87. The number of aryl methyl sites for hydroxylation is 1. The molecule has 1 aliphatic rings. The van der Waals surface area contributed by atoms with Crippen LogP contribution in [0.15, 0.2) is 28.7 Å². The Balaban J connectivity index is 1.56. The van der Waals surface area contributed by atoms with Crippen molar-refractivity contribution in [2.45, 2.75) is 12.8 Å². The number of nitro benzene ring substituents is 1. The zero-order chi connectivity index (χ0) is 15.5. The van der Waals surface area contributed by atoms with Crippen LogP contribution in [0.4, 0.5) is 5.69 Å². The zero-order valence-electron chi connectivity index (χ0n) is 12.8. The van der Waals surface area contributed by atoms with Crippen molar-refractivity contribution >= 4 is 16.7 Å². The minimum Gasteiger partial charge on any atom is -0.461 e. The first-order valence-corrected chi connectivity index (χ1v) is 7.69. The predicted octanol–water partition coefficient (Wildman–Crippen LogP) is 2.52. The molecular formula is C16H21N3O3. The Morgan fingerprint density at radius 3 is 2.73 bits per heavy atom. The van der Waals surface area contributed by atoms with Crippen molar-refractivity contribution in [3.63, 3.8) is 0 Å². The second-order valence-corrected chi connectivity index (χ2v) is 5.94. The second-order valence-electron chi connectivity index (χ2n) is 5.94. The summed E-state index contributed by atoms with van der Waals surface area (Å²) in [6.07, 6.45) is 1.92. The van der Waals surface area contributed by atoms with Gasteiger partial charge in [0.1, 0.15) is 11.3 Å². The largest absolute Gasteiger partial charge is 0.461 e. The summed E-state index contributed by atoms with van der Waals surface area (Å²) in [4.78, 5) is 15.2. The summed E-state index contributed by atoms with van der Waals surface area (Å²) >= 11 is 0. The van der Waals surface area contributed by atoms with Gasteiger partial charge in [-0.1, -0.05) is 0 Å². The standard InChI is InChI=1S/C16H21N3O3/c1-17-7-9-18(10-8-17)6-2-3-15-12-13-11-14(19(20)21)4-5-16(13)22-15/h4-5,11-12H,2-3,6-10H2,1H3. The Kier molecular flexibility index (Phi) is 4.40. The van der Waals surface area contributed by atoms with Crippen LogP contribution in [0.25, 0.3) is 11.0 Å². The van der Waals surface area contributed by atoms with Crippen molar-refractivity contribution < 1.29 is 9.34 Å². The van der Waals surface area contributed by atoms with E-state index < -0.39 is 0 Å². The quantitative estimate of drug-likeness (QED) is 0.627. The maximum Gasteiger partial charge on any atom is 0.270 e. The first-order valence-electron chi connectivity index (χ1n) is 7.69.